The van der Waals surface area contributed by atoms with Crippen LogP contribution < -0.4 is 5.32 Å². The Balaban J connectivity index is 2.04. The van der Waals surface area contributed by atoms with Gasteiger partial charge in [-0.05, 0) is 18.2 Å². The molecule has 6 heteroatoms. The molecule has 0 saturated heterocycles. The zero-order valence-corrected chi connectivity index (χ0v) is 12.0. The highest BCUT2D eigenvalue weighted by Gasteiger charge is 2.35. The van der Waals surface area contributed by atoms with Crippen LogP contribution in [0.5, 0.6) is 0 Å². The lowest BCUT2D eigenvalue weighted by atomic mass is 10.1. The van der Waals surface area contributed by atoms with Gasteiger partial charge in [-0.1, -0.05) is 25.4 Å². The zero-order chi connectivity index (χ0) is 14.9. The molecule has 1 heterocycles. The van der Waals surface area contributed by atoms with Crippen molar-refractivity contribution in [3.05, 3.63) is 34.3 Å². The highest BCUT2D eigenvalue weighted by atomic mass is 35.5. The summed E-state index contributed by atoms with van der Waals surface area (Å²) in [5.74, 6) is -0.951. The molecule has 20 heavy (non-hydrogen) atoms. The number of fused-ring (bicyclic) bond motifs is 1. The first-order chi connectivity index (χ1) is 9.41. The lowest BCUT2D eigenvalue weighted by Gasteiger charge is -2.14. The highest BCUT2D eigenvalue weighted by molar-refractivity contribution is 6.32. The third-order valence-electron chi connectivity index (χ3n) is 3.09. The Hall–Kier alpha value is -1.88. The summed E-state index contributed by atoms with van der Waals surface area (Å²) in [6.45, 7) is 3.96. The summed E-state index contributed by atoms with van der Waals surface area (Å²) < 4.78 is 0. The number of halogens is 1. The topological polar surface area (TPSA) is 66.5 Å². The minimum atomic E-state index is -0.369. The van der Waals surface area contributed by atoms with Gasteiger partial charge >= 0.3 is 0 Å². The summed E-state index contributed by atoms with van der Waals surface area (Å²) in [5.41, 5.74) is 0.673. The van der Waals surface area contributed by atoms with E-state index in [-0.39, 0.29) is 36.7 Å². The van der Waals surface area contributed by atoms with E-state index in [0.29, 0.717) is 16.1 Å². The van der Waals surface area contributed by atoms with Crippen molar-refractivity contribution in [2.75, 3.05) is 13.1 Å². The second-order valence-corrected chi connectivity index (χ2v) is 5.33. The molecule has 5 nitrogen and oxygen atoms in total. The smallest absolute Gasteiger partial charge is 0.261 e. The van der Waals surface area contributed by atoms with E-state index in [1.165, 1.54) is 6.07 Å². The monoisotopic (exact) mass is 294 g/mol. The molecule has 1 aliphatic heterocycles. The number of amides is 3. The molecule has 0 radical (unpaired) electrons. The van der Waals surface area contributed by atoms with Crippen molar-refractivity contribution >= 4 is 29.3 Å². The molecule has 0 aromatic heterocycles. The average molecular weight is 295 g/mol. The van der Waals surface area contributed by atoms with Crippen molar-refractivity contribution in [3.63, 3.8) is 0 Å². The SMILES string of the molecule is CC(C)C(=O)NCCN1C(=O)c2ccc(Cl)cc2C1=O. The van der Waals surface area contributed by atoms with Crippen LogP contribution in [0.15, 0.2) is 18.2 Å². The Morgan fingerprint density at radius 1 is 1.25 bits per heavy atom. The van der Waals surface area contributed by atoms with E-state index in [1.807, 2.05) is 0 Å². The maximum atomic E-state index is 12.1. The van der Waals surface area contributed by atoms with Gasteiger partial charge in [-0.15, -0.1) is 0 Å². The lowest BCUT2D eigenvalue weighted by molar-refractivity contribution is -0.124. The number of hydrogen-bond donors (Lipinski definition) is 1. The molecular formula is C14H15ClN2O3. The summed E-state index contributed by atoms with van der Waals surface area (Å²) in [6.07, 6.45) is 0. The number of nitrogens with zero attached hydrogens (tertiary/aromatic N) is 1. The third-order valence-corrected chi connectivity index (χ3v) is 3.33. The molecule has 1 aromatic carbocycles. The van der Waals surface area contributed by atoms with Gasteiger partial charge in [0, 0.05) is 24.0 Å². The molecule has 0 unspecified atom stereocenters. The van der Waals surface area contributed by atoms with Crippen LogP contribution in [0.3, 0.4) is 0 Å². The fraction of sp³-hybridized carbons (Fsp3) is 0.357. The number of rotatable bonds is 4. The van der Waals surface area contributed by atoms with E-state index >= 15 is 0 Å². The Labute approximate surface area is 121 Å². The molecular weight excluding hydrogens is 280 g/mol. The highest BCUT2D eigenvalue weighted by Crippen LogP contribution is 2.25. The minimum absolute atomic E-state index is 0.107. The molecule has 0 bridgehead atoms. The van der Waals surface area contributed by atoms with Gasteiger partial charge in [0.2, 0.25) is 5.91 Å². The van der Waals surface area contributed by atoms with E-state index in [9.17, 15) is 14.4 Å². The number of nitrogens with one attached hydrogen (secondary N) is 1. The molecule has 0 fully saturated rings. The summed E-state index contributed by atoms with van der Waals surface area (Å²) in [4.78, 5) is 36.7. The minimum Gasteiger partial charge on any atom is -0.354 e. The quantitative estimate of drug-likeness (QED) is 0.860. The number of carbonyl (C=O) groups is 3. The summed E-state index contributed by atoms with van der Waals surface area (Å²) in [5, 5.41) is 3.09. The first-order valence-corrected chi connectivity index (χ1v) is 6.73. The van der Waals surface area contributed by atoms with Gasteiger partial charge in [-0.3, -0.25) is 19.3 Å². The predicted molar refractivity (Wildman–Crippen MR) is 74.7 cm³/mol. The largest absolute Gasteiger partial charge is 0.354 e. The predicted octanol–water partition coefficient (Wildman–Crippen LogP) is 1.71. The fourth-order valence-corrected chi connectivity index (χ4v) is 2.13. The van der Waals surface area contributed by atoms with Gasteiger partial charge in [-0.25, -0.2) is 0 Å². The van der Waals surface area contributed by atoms with E-state index in [4.69, 9.17) is 11.6 Å². The Morgan fingerprint density at radius 3 is 2.55 bits per heavy atom. The normalized spacial score (nSPS) is 13.9. The van der Waals surface area contributed by atoms with E-state index < -0.39 is 0 Å². The standard InChI is InChI=1S/C14H15ClN2O3/c1-8(2)12(18)16-5-6-17-13(19)10-4-3-9(15)7-11(10)14(17)20/h3-4,7-8H,5-6H2,1-2H3,(H,16,18). The maximum Gasteiger partial charge on any atom is 0.261 e. The lowest BCUT2D eigenvalue weighted by Crippen LogP contribution is -2.39. The van der Waals surface area contributed by atoms with Gasteiger partial charge in [0.15, 0.2) is 0 Å². The molecule has 3 amide bonds. The zero-order valence-electron chi connectivity index (χ0n) is 11.3. The first kappa shape index (κ1) is 14.5. The Kier molecular flexibility index (Phi) is 4.09. The van der Waals surface area contributed by atoms with Crippen molar-refractivity contribution in [1.82, 2.24) is 10.2 Å². The van der Waals surface area contributed by atoms with Crippen LogP contribution in [0.4, 0.5) is 0 Å². The van der Waals surface area contributed by atoms with Crippen molar-refractivity contribution < 1.29 is 14.4 Å². The van der Waals surface area contributed by atoms with Crippen LogP contribution in [-0.2, 0) is 4.79 Å². The number of benzene rings is 1. The molecule has 0 aliphatic carbocycles. The molecule has 0 atom stereocenters. The molecule has 1 aromatic rings. The average Bonchev–Trinajstić information content (AvgIpc) is 2.63. The number of carbonyl (C=O) groups excluding carboxylic acids is 3. The third kappa shape index (κ3) is 2.67. The van der Waals surface area contributed by atoms with E-state index in [0.717, 1.165) is 4.90 Å². The van der Waals surface area contributed by atoms with Gasteiger partial charge in [-0.2, -0.15) is 0 Å². The summed E-state index contributed by atoms with van der Waals surface area (Å²) in [6, 6.07) is 4.62. The van der Waals surface area contributed by atoms with Crippen molar-refractivity contribution in [3.8, 4) is 0 Å². The van der Waals surface area contributed by atoms with Gasteiger partial charge in [0.1, 0.15) is 0 Å². The Morgan fingerprint density at radius 2 is 1.90 bits per heavy atom. The van der Waals surface area contributed by atoms with Gasteiger partial charge in [0.25, 0.3) is 11.8 Å². The molecule has 1 aliphatic rings. The van der Waals surface area contributed by atoms with E-state index in [2.05, 4.69) is 5.32 Å². The molecule has 2 rings (SSSR count). The van der Waals surface area contributed by atoms with Crippen LogP contribution >= 0.6 is 11.6 Å². The van der Waals surface area contributed by atoms with Crippen LogP contribution in [0.2, 0.25) is 5.02 Å². The fourth-order valence-electron chi connectivity index (χ4n) is 1.96. The molecule has 0 spiro atoms. The van der Waals surface area contributed by atoms with Crippen LogP contribution in [0, 0.1) is 5.92 Å². The van der Waals surface area contributed by atoms with Crippen LogP contribution in [0.25, 0.3) is 0 Å². The summed E-state index contributed by atoms with van der Waals surface area (Å²) in [7, 11) is 0. The second-order valence-electron chi connectivity index (χ2n) is 4.90. The van der Waals surface area contributed by atoms with Crippen LogP contribution in [-0.4, -0.2) is 35.7 Å². The molecule has 106 valence electrons. The number of hydrogen-bond acceptors (Lipinski definition) is 3. The molecule has 0 saturated carbocycles. The second kappa shape index (κ2) is 5.63. The van der Waals surface area contributed by atoms with Crippen molar-refractivity contribution in [2.45, 2.75) is 13.8 Å². The maximum absolute atomic E-state index is 12.1. The van der Waals surface area contributed by atoms with Crippen molar-refractivity contribution in [2.24, 2.45) is 5.92 Å². The number of imide groups is 1. The summed E-state index contributed by atoms with van der Waals surface area (Å²) >= 11 is 5.83. The van der Waals surface area contributed by atoms with E-state index in [1.54, 1.807) is 26.0 Å². The van der Waals surface area contributed by atoms with Gasteiger partial charge in [0.05, 0.1) is 11.1 Å². The Bertz CT molecular complexity index is 584. The van der Waals surface area contributed by atoms with Crippen molar-refractivity contribution in [1.29, 1.82) is 0 Å². The first-order valence-electron chi connectivity index (χ1n) is 6.35. The van der Waals surface area contributed by atoms with Gasteiger partial charge < -0.3 is 5.32 Å². The molecule has 1 N–H and O–H groups in total. The van der Waals surface area contributed by atoms with Crippen LogP contribution in [0.1, 0.15) is 34.6 Å².